The van der Waals surface area contributed by atoms with E-state index in [4.69, 9.17) is 0 Å². The highest BCUT2D eigenvalue weighted by molar-refractivity contribution is 7.59. The molecule has 3 rings (SSSR count). The van der Waals surface area contributed by atoms with E-state index < -0.39 is 0 Å². The van der Waals surface area contributed by atoms with Gasteiger partial charge in [-0.05, 0) is 74.0 Å². The van der Waals surface area contributed by atoms with Crippen LogP contribution in [0.3, 0.4) is 0 Å². The molecular weight excluding hydrogens is 326 g/mol. The van der Waals surface area contributed by atoms with Gasteiger partial charge < -0.3 is 0 Å². The number of rotatable bonds is 7. The van der Waals surface area contributed by atoms with Crippen LogP contribution in [0, 0.1) is 0 Å². The number of hydrogen-bond donors (Lipinski definition) is 0. The third-order valence-corrected chi connectivity index (χ3v) is 11.9. The third-order valence-electron chi connectivity index (χ3n) is 7.28. The molecule has 0 amide bonds. The maximum Gasteiger partial charge on any atom is -0.0150 e. The van der Waals surface area contributed by atoms with Crippen LogP contribution in [0.1, 0.15) is 116 Å². The lowest BCUT2D eigenvalue weighted by atomic mass is 9.85. The molecule has 3 fully saturated rings. The average molecular weight is 369 g/mol. The summed E-state index contributed by atoms with van der Waals surface area (Å²) in [5, 5.41) is 0.636. The van der Waals surface area contributed by atoms with Gasteiger partial charge in [-0.15, -0.1) is 17.2 Å². The molecule has 1 atom stereocenters. The molecule has 0 radical (unpaired) electrons. The standard InChI is InChI=1S/C22H42P2/c23-22(16-8-3-9-17-22)18-10-11-19-24(20-12-4-1-5-13-20)21-14-6-2-7-15-21/h20-21H,1-19,23H2. The van der Waals surface area contributed by atoms with Gasteiger partial charge in [-0.3, -0.25) is 0 Å². The Morgan fingerprint density at radius 3 is 1.71 bits per heavy atom. The lowest BCUT2D eigenvalue weighted by Gasteiger charge is -2.39. The smallest absolute Gasteiger partial charge is 0.0150 e. The van der Waals surface area contributed by atoms with Crippen LogP contribution in [0.25, 0.3) is 0 Å². The van der Waals surface area contributed by atoms with Gasteiger partial charge >= 0.3 is 0 Å². The van der Waals surface area contributed by atoms with Gasteiger partial charge in [0.2, 0.25) is 0 Å². The first-order chi connectivity index (χ1) is 11.8. The van der Waals surface area contributed by atoms with Gasteiger partial charge in [-0.1, -0.05) is 64.2 Å². The summed E-state index contributed by atoms with van der Waals surface area (Å²) in [4.78, 5) is 0. The maximum atomic E-state index is 3.27. The Hall–Kier alpha value is 0.860. The van der Waals surface area contributed by atoms with E-state index in [1.54, 1.807) is 63.9 Å². The molecule has 140 valence electrons. The zero-order chi connectivity index (χ0) is 16.7. The summed E-state index contributed by atoms with van der Waals surface area (Å²) in [7, 11) is 3.62. The molecule has 0 aromatic rings. The van der Waals surface area contributed by atoms with Gasteiger partial charge in [0.25, 0.3) is 0 Å². The molecule has 3 saturated carbocycles. The second-order valence-corrected chi connectivity index (χ2v) is 13.4. The molecule has 3 aliphatic carbocycles. The highest BCUT2D eigenvalue weighted by Crippen LogP contribution is 2.56. The average Bonchev–Trinajstić information content (AvgIpc) is 2.64. The summed E-state index contributed by atoms with van der Waals surface area (Å²) >= 11 is 0. The fraction of sp³-hybridized carbons (Fsp3) is 1.00. The molecule has 0 spiro atoms. The van der Waals surface area contributed by atoms with Crippen molar-refractivity contribution in [2.75, 3.05) is 6.16 Å². The highest BCUT2D eigenvalue weighted by Gasteiger charge is 2.31. The molecule has 2 heteroatoms. The van der Waals surface area contributed by atoms with Crippen molar-refractivity contribution in [1.82, 2.24) is 0 Å². The third kappa shape index (κ3) is 5.95. The largest absolute Gasteiger partial charge is 0.131 e. The van der Waals surface area contributed by atoms with Gasteiger partial charge in [0.15, 0.2) is 0 Å². The van der Waals surface area contributed by atoms with E-state index in [1.807, 2.05) is 0 Å². The molecular formula is C22H42P2. The lowest BCUT2D eigenvalue weighted by Crippen LogP contribution is -2.24. The van der Waals surface area contributed by atoms with Crippen molar-refractivity contribution < 1.29 is 0 Å². The lowest BCUT2D eigenvalue weighted by molar-refractivity contribution is 0.369. The highest BCUT2D eigenvalue weighted by atomic mass is 31.1. The first-order valence-corrected chi connectivity index (χ1v) is 13.6. The molecule has 0 nitrogen and oxygen atoms in total. The van der Waals surface area contributed by atoms with E-state index in [0.717, 1.165) is 11.3 Å². The molecule has 24 heavy (non-hydrogen) atoms. The molecule has 0 aliphatic heterocycles. The second-order valence-electron chi connectivity index (χ2n) is 9.20. The summed E-state index contributed by atoms with van der Waals surface area (Å²) < 4.78 is 0. The van der Waals surface area contributed by atoms with Crippen LogP contribution in [0.2, 0.25) is 0 Å². The molecule has 0 heterocycles. The Morgan fingerprint density at radius 2 is 1.17 bits per heavy atom. The van der Waals surface area contributed by atoms with E-state index in [0.29, 0.717) is 13.1 Å². The topological polar surface area (TPSA) is 0 Å². The monoisotopic (exact) mass is 368 g/mol. The van der Waals surface area contributed by atoms with Crippen LogP contribution in [-0.4, -0.2) is 22.6 Å². The van der Waals surface area contributed by atoms with E-state index >= 15 is 0 Å². The van der Waals surface area contributed by atoms with Gasteiger partial charge in [-0.25, -0.2) is 0 Å². The first-order valence-electron chi connectivity index (χ1n) is 11.3. The van der Waals surface area contributed by atoms with E-state index in [2.05, 4.69) is 9.24 Å². The second kappa shape index (κ2) is 10.3. The fourth-order valence-electron chi connectivity index (χ4n) is 5.77. The number of hydrogen-bond acceptors (Lipinski definition) is 0. The van der Waals surface area contributed by atoms with Crippen molar-refractivity contribution in [2.24, 2.45) is 0 Å². The zero-order valence-corrected chi connectivity index (χ0v) is 18.2. The van der Waals surface area contributed by atoms with E-state index in [1.165, 1.54) is 57.8 Å². The Balaban J connectivity index is 1.45. The van der Waals surface area contributed by atoms with Crippen molar-refractivity contribution in [3.63, 3.8) is 0 Å². The summed E-state index contributed by atoms with van der Waals surface area (Å²) in [6, 6.07) is 0. The predicted octanol–water partition coefficient (Wildman–Crippen LogP) is 7.88. The van der Waals surface area contributed by atoms with Crippen LogP contribution >= 0.6 is 17.2 Å². The molecule has 0 aromatic heterocycles. The number of unbranched alkanes of at least 4 members (excludes halogenated alkanes) is 1. The van der Waals surface area contributed by atoms with Gasteiger partial charge in [-0.2, -0.15) is 0 Å². The van der Waals surface area contributed by atoms with Crippen LogP contribution in [0.15, 0.2) is 0 Å². The molecule has 0 bridgehead atoms. The zero-order valence-electron chi connectivity index (χ0n) is 16.1. The van der Waals surface area contributed by atoms with Crippen molar-refractivity contribution in [3.05, 3.63) is 0 Å². The minimum absolute atomic E-state index is 0.351. The van der Waals surface area contributed by atoms with Crippen LogP contribution in [0.4, 0.5) is 0 Å². The minimum atomic E-state index is 0.351. The summed E-state index contributed by atoms with van der Waals surface area (Å²) in [5.74, 6) is 0. The van der Waals surface area contributed by atoms with Crippen LogP contribution < -0.4 is 0 Å². The maximum absolute atomic E-state index is 3.27. The van der Waals surface area contributed by atoms with Gasteiger partial charge in [0.05, 0.1) is 0 Å². The fourth-order valence-corrected chi connectivity index (χ4v) is 10.4. The van der Waals surface area contributed by atoms with Crippen LogP contribution in [0.5, 0.6) is 0 Å². The Labute approximate surface area is 155 Å². The van der Waals surface area contributed by atoms with Crippen molar-refractivity contribution in [3.8, 4) is 0 Å². The Kier molecular flexibility index (Phi) is 8.39. The molecule has 0 saturated heterocycles. The van der Waals surface area contributed by atoms with Gasteiger partial charge in [0, 0.05) is 0 Å². The molecule has 3 aliphatic rings. The summed E-state index contributed by atoms with van der Waals surface area (Å²) in [6.07, 6.45) is 29.2. The Morgan fingerprint density at radius 1 is 0.667 bits per heavy atom. The Bertz CT molecular complexity index is 318. The van der Waals surface area contributed by atoms with Gasteiger partial charge in [0.1, 0.15) is 0 Å². The van der Waals surface area contributed by atoms with Crippen molar-refractivity contribution in [1.29, 1.82) is 0 Å². The van der Waals surface area contributed by atoms with Crippen molar-refractivity contribution in [2.45, 2.75) is 132 Å². The molecule has 0 N–H and O–H groups in total. The predicted molar refractivity (Wildman–Crippen MR) is 115 cm³/mol. The van der Waals surface area contributed by atoms with Crippen molar-refractivity contribution >= 4 is 17.2 Å². The molecule has 0 aromatic carbocycles. The van der Waals surface area contributed by atoms with E-state index in [9.17, 15) is 0 Å². The quantitative estimate of drug-likeness (QED) is 0.317. The van der Waals surface area contributed by atoms with E-state index in [-0.39, 0.29) is 0 Å². The molecule has 1 unspecified atom stereocenters. The first kappa shape index (κ1) is 19.6. The SMILES string of the molecule is PC1(CCCCP(C2CCCCC2)C2CCCCC2)CCCCC1. The van der Waals surface area contributed by atoms with Crippen LogP contribution in [-0.2, 0) is 0 Å². The normalized spacial score (nSPS) is 26.8. The summed E-state index contributed by atoms with van der Waals surface area (Å²) in [6.45, 7) is 0. The minimum Gasteiger partial charge on any atom is -0.131 e. The summed E-state index contributed by atoms with van der Waals surface area (Å²) in [5.41, 5.74) is 2.33.